The zero-order valence-corrected chi connectivity index (χ0v) is 28.6. The van der Waals surface area contributed by atoms with E-state index in [1.165, 1.54) is 68.1 Å². The van der Waals surface area contributed by atoms with E-state index in [4.69, 9.17) is 4.74 Å². The van der Waals surface area contributed by atoms with Crippen LogP contribution in [0, 0.1) is 56.7 Å². The molecule has 7 rings (SSSR count). The number of amides is 1. The molecule has 5 aliphatic carbocycles. The number of fused-ring (bicyclic) bond motifs is 7. The Bertz CT molecular complexity index is 1440. The molecule has 0 aromatic heterocycles. The van der Waals surface area contributed by atoms with Crippen LogP contribution in [0.3, 0.4) is 0 Å². The summed E-state index contributed by atoms with van der Waals surface area (Å²) in [5.41, 5.74) is 5.23. The van der Waals surface area contributed by atoms with E-state index in [2.05, 4.69) is 54.2 Å². The highest BCUT2D eigenvalue weighted by atomic mass is 16.6. The number of carbonyl (C=O) groups excluding carboxylic acids is 1. The highest BCUT2D eigenvalue weighted by Crippen LogP contribution is 2.77. The molecule has 6 aliphatic rings. The fourth-order valence-corrected chi connectivity index (χ4v) is 13.4. The fraction of sp³-hybridized carbons (Fsp3) is 0.700. The number of carboxylic acids is 1. The van der Waals surface area contributed by atoms with E-state index in [1.807, 2.05) is 17.0 Å². The first-order chi connectivity index (χ1) is 21.2. The second-order valence-electron chi connectivity index (χ2n) is 17.5. The van der Waals surface area contributed by atoms with Gasteiger partial charge in [0, 0.05) is 6.54 Å². The van der Waals surface area contributed by atoms with Gasteiger partial charge in [-0.15, -0.1) is 0 Å². The van der Waals surface area contributed by atoms with Crippen molar-refractivity contribution in [3.8, 4) is 0 Å². The number of carbonyl (C=O) groups is 2. The van der Waals surface area contributed by atoms with Gasteiger partial charge in [-0.2, -0.15) is 0 Å². The Balaban J connectivity index is 1.22. The molecule has 1 aliphatic heterocycles. The van der Waals surface area contributed by atoms with E-state index in [0.29, 0.717) is 41.8 Å². The predicted molar refractivity (Wildman–Crippen MR) is 179 cm³/mol. The standard InChI is InChI=1S/C40H55NO4/c1-25(2)28-14-19-40(24-41-22-23-45-35(41)44)21-20-38(6)30(33(28)40)12-13-32-37(5)17-15-29(26-8-10-27(11-9-26)34(42)43)36(3,4)31(37)16-18-39(32,38)7/h8-11,15,28,30-33H,1,12-14,16-24H2,2-7H3,(H,42,43)/t28-,30+,31-,32+,33+,37-,38+,39+,40+/m0/s1. The smallest absolute Gasteiger partial charge is 0.409 e. The molecule has 1 aromatic rings. The molecule has 0 spiro atoms. The van der Waals surface area contributed by atoms with Gasteiger partial charge in [-0.05, 0) is 145 Å². The summed E-state index contributed by atoms with van der Waals surface area (Å²) in [4.78, 5) is 26.2. The molecule has 1 saturated heterocycles. The van der Waals surface area contributed by atoms with Crippen molar-refractivity contribution in [2.75, 3.05) is 19.7 Å². The van der Waals surface area contributed by atoms with Crippen molar-refractivity contribution in [1.29, 1.82) is 0 Å². The van der Waals surface area contributed by atoms with Crippen molar-refractivity contribution in [1.82, 2.24) is 4.90 Å². The number of benzene rings is 1. The van der Waals surface area contributed by atoms with Crippen molar-refractivity contribution < 1.29 is 19.4 Å². The van der Waals surface area contributed by atoms with E-state index < -0.39 is 5.97 Å². The van der Waals surface area contributed by atoms with Gasteiger partial charge in [-0.25, -0.2) is 9.59 Å². The molecule has 9 atom stereocenters. The van der Waals surface area contributed by atoms with Crippen LogP contribution in [0.4, 0.5) is 4.79 Å². The van der Waals surface area contributed by atoms with Crippen molar-refractivity contribution in [2.24, 2.45) is 56.7 Å². The quantitative estimate of drug-likeness (QED) is 0.336. The number of allylic oxidation sites excluding steroid dienone is 3. The zero-order chi connectivity index (χ0) is 32.2. The first kappa shape index (κ1) is 31.1. The van der Waals surface area contributed by atoms with Crippen molar-refractivity contribution in [2.45, 2.75) is 99.3 Å². The number of hydrogen-bond acceptors (Lipinski definition) is 3. The number of hydrogen-bond donors (Lipinski definition) is 1. The normalized spacial score (nSPS) is 43.3. The van der Waals surface area contributed by atoms with Crippen molar-refractivity contribution in [3.63, 3.8) is 0 Å². The number of ether oxygens (including phenoxy) is 1. The lowest BCUT2D eigenvalue weighted by molar-refractivity contribution is -0.226. The minimum absolute atomic E-state index is 0.0133. The van der Waals surface area contributed by atoms with Crippen LogP contribution in [0.5, 0.6) is 0 Å². The van der Waals surface area contributed by atoms with E-state index in [-0.39, 0.29) is 33.2 Å². The van der Waals surface area contributed by atoms with Gasteiger partial charge in [-0.3, -0.25) is 0 Å². The fourth-order valence-electron chi connectivity index (χ4n) is 13.4. The largest absolute Gasteiger partial charge is 0.478 e. The Morgan fingerprint density at radius 2 is 1.69 bits per heavy atom. The molecule has 1 amide bonds. The maximum Gasteiger partial charge on any atom is 0.409 e. The Morgan fingerprint density at radius 1 is 0.956 bits per heavy atom. The summed E-state index contributed by atoms with van der Waals surface area (Å²) < 4.78 is 5.41. The summed E-state index contributed by atoms with van der Waals surface area (Å²) in [6, 6.07) is 7.57. The van der Waals surface area contributed by atoms with E-state index in [1.54, 1.807) is 12.1 Å². The summed E-state index contributed by atoms with van der Waals surface area (Å²) in [6.07, 6.45) is 13.5. The van der Waals surface area contributed by atoms with Crippen LogP contribution in [-0.4, -0.2) is 41.8 Å². The Kier molecular flexibility index (Phi) is 7.05. The van der Waals surface area contributed by atoms with Crippen LogP contribution in [0.25, 0.3) is 5.57 Å². The van der Waals surface area contributed by atoms with Crippen LogP contribution in [0.15, 0.2) is 42.5 Å². The molecule has 5 fully saturated rings. The van der Waals surface area contributed by atoms with Gasteiger partial charge in [0.1, 0.15) is 6.61 Å². The van der Waals surface area contributed by atoms with Crippen LogP contribution < -0.4 is 0 Å². The topological polar surface area (TPSA) is 66.8 Å². The van der Waals surface area contributed by atoms with E-state index in [0.717, 1.165) is 19.5 Å². The van der Waals surface area contributed by atoms with Crippen LogP contribution in [0.2, 0.25) is 0 Å². The van der Waals surface area contributed by atoms with Gasteiger partial charge >= 0.3 is 12.1 Å². The molecule has 0 radical (unpaired) electrons. The second kappa shape index (κ2) is 10.2. The Hall–Kier alpha value is -2.56. The summed E-state index contributed by atoms with van der Waals surface area (Å²) in [5.74, 6) is 2.18. The number of carboxylic acid groups (broad SMARTS) is 1. The lowest BCUT2D eigenvalue weighted by Gasteiger charge is -2.72. The lowest BCUT2D eigenvalue weighted by atomic mass is 9.32. The van der Waals surface area contributed by atoms with Gasteiger partial charge in [0.05, 0.1) is 12.1 Å². The molecule has 45 heavy (non-hydrogen) atoms. The van der Waals surface area contributed by atoms with Gasteiger partial charge < -0.3 is 14.7 Å². The van der Waals surface area contributed by atoms with Crippen LogP contribution in [-0.2, 0) is 4.74 Å². The molecular formula is C40H55NO4. The van der Waals surface area contributed by atoms with Crippen molar-refractivity contribution in [3.05, 3.63) is 53.6 Å². The van der Waals surface area contributed by atoms with Gasteiger partial charge in [-0.1, -0.05) is 65.0 Å². The molecular weight excluding hydrogens is 558 g/mol. The molecule has 1 N–H and O–H groups in total. The monoisotopic (exact) mass is 613 g/mol. The third-order valence-corrected chi connectivity index (χ3v) is 15.6. The Morgan fingerprint density at radius 3 is 2.33 bits per heavy atom. The van der Waals surface area contributed by atoms with Gasteiger partial charge in [0.15, 0.2) is 0 Å². The number of nitrogens with zero attached hydrogens (tertiary/aromatic N) is 1. The zero-order valence-electron chi connectivity index (χ0n) is 28.6. The maximum absolute atomic E-state index is 12.7. The summed E-state index contributed by atoms with van der Waals surface area (Å²) in [5, 5.41) is 9.45. The molecule has 244 valence electrons. The third-order valence-electron chi connectivity index (χ3n) is 15.6. The first-order valence-corrected chi connectivity index (χ1v) is 17.8. The summed E-state index contributed by atoms with van der Waals surface area (Å²) in [7, 11) is 0. The highest BCUT2D eigenvalue weighted by Gasteiger charge is 2.70. The minimum atomic E-state index is -0.868. The average molecular weight is 614 g/mol. The highest BCUT2D eigenvalue weighted by molar-refractivity contribution is 5.88. The van der Waals surface area contributed by atoms with E-state index in [9.17, 15) is 14.7 Å². The van der Waals surface area contributed by atoms with Gasteiger partial charge in [0.25, 0.3) is 0 Å². The average Bonchev–Trinajstić information content (AvgIpc) is 3.56. The molecule has 0 bridgehead atoms. The van der Waals surface area contributed by atoms with Crippen LogP contribution >= 0.6 is 0 Å². The predicted octanol–water partition coefficient (Wildman–Crippen LogP) is 9.49. The molecule has 1 heterocycles. The second-order valence-corrected chi connectivity index (χ2v) is 17.5. The number of aromatic carboxylic acids is 1. The maximum atomic E-state index is 12.7. The van der Waals surface area contributed by atoms with Gasteiger partial charge in [0.2, 0.25) is 0 Å². The van der Waals surface area contributed by atoms with Crippen LogP contribution in [0.1, 0.15) is 115 Å². The minimum Gasteiger partial charge on any atom is -0.478 e. The molecule has 5 heteroatoms. The SMILES string of the molecule is C=C(C)[C@@H]1CC[C@]2(CN3CCOC3=O)CC[C@]3(C)[C@H](CC[C@@H]4[C@@]5(C)CC=C(c6ccc(C(=O)O)cc6)C(C)(C)[C@@H]5CC[C@]43C)[C@@H]12. The Labute approximate surface area is 270 Å². The molecule has 4 saturated carbocycles. The molecule has 5 nitrogen and oxygen atoms in total. The lowest BCUT2D eigenvalue weighted by Crippen LogP contribution is -2.66. The first-order valence-electron chi connectivity index (χ1n) is 17.8. The number of cyclic esters (lactones) is 1. The molecule has 1 aromatic carbocycles. The third kappa shape index (κ3) is 4.23. The number of rotatable bonds is 5. The molecule has 0 unspecified atom stereocenters. The summed E-state index contributed by atoms with van der Waals surface area (Å²) >= 11 is 0. The van der Waals surface area contributed by atoms with E-state index >= 15 is 0 Å². The van der Waals surface area contributed by atoms with Crippen molar-refractivity contribution >= 4 is 17.6 Å². The summed E-state index contributed by atoms with van der Waals surface area (Å²) in [6.45, 7) is 21.9.